The second kappa shape index (κ2) is 16.2. The first-order valence-corrected chi connectivity index (χ1v) is 14.3. The molecule has 3 aromatic rings. The lowest BCUT2D eigenvalue weighted by Gasteiger charge is -2.22. The molecule has 0 bridgehead atoms. The lowest BCUT2D eigenvalue weighted by atomic mass is 9.97. The van der Waals surface area contributed by atoms with Gasteiger partial charge in [0.1, 0.15) is 16.8 Å². The molecule has 7 nitrogen and oxygen atoms in total. The van der Waals surface area contributed by atoms with Gasteiger partial charge in [-0.1, -0.05) is 54.1 Å². The van der Waals surface area contributed by atoms with E-state index in [0.29, 0.717) is 42.4 Å². The third-order valence-corrected chi connectivity index (χ3v) is 7.57. The first-order valence-electron chi connectivity index (χ1n) is 13.2. The van der Waals surface area contributed by atoms with Crippen LogP contribution in [0, 0.1) is 6.92 Å². The van der Waals surface area contributed by atoms with Crippen molar-refractivity contribution < 1.29 is 28.3 Å². The highest BCUT2D eigenvalue weighted by atomic mass is 32.2. The number of aliphatic hydroxyl groups is 1. The maximum Gasteiger partial charge on any atom is 0.161 e. The SMILES string of the molecule is COc1ccc([C@H](C[C@@H](O)CC(=O)CCCCOCc2ccccc2)NS(=O)c2ccc(C)cc2)cc1OC. The predicted octanol–water partition coefficient (Wildman–Crippen LogP) is 5.46. The van der Waals surface area contributed by atoms with Crippen LogP contribution < -0.4 is 14.2 Å². The molecule has 0 aliphatic rings. The smallest absolute Gasteiger partial charge is 0.161 e. The largest absolute Gasteiger partial charge is 0.493 e. The van der Waals surface area contributed by atoms with E-state index in [2.05, 4.69) is 4.72 Å². The summed E-state index contributed by atoms with van der Waals surface area (Å²) in [5.41, 5.74) is 2.97. The summed E-state index contributed by atoms with van der Waals surface area (Å²) in [6, 6.07) is 22.3. The van der Waals surface area contributed by atoms with E-state index in [1.807, 2.05) is 67.6 Å². The number of carbonyl (C=O) groups is 1. The number of hydrogen-bond acceptors (Lipinski definition) is 6. The van der Waals surface area contributed by atoms with E-state index in [0.717, 1.165) is 23.1 Å². The molecule has 0 saturated heterocycles. The van der Waals surface area contributed by atoms with Crippen molar-refractivity contribution in [3.8, 4) is 11.5 Å². The Hall–Kier alpha value is -3.04. The summed E-state index contributed by atoms with van der Waals surface area (Å²) < 4.78 is 32.7. The normalized spacial score (nSPS) is 13.4. The lowest BCUT2D eigenvalue weighted by Crippen LogP contribution is -2.28. The highest BCUT2D eigenvalue weighted by Gasteiger charge is 2.22. The molecule has 1 unspecified atom stereocenters. The molecule has 8 heteroatoms. The minimum Gasteiger partial charge on any atom is -0.493 e. The van der Waals surface area contributed by atoms with Gasteiger partial charge >= 0.3 is 0 Å². The van der Waals surface area contributed by atoms with Gasteiger partial charge in [-0.3, -0.25) is 4.79 Å². The molecular formula is C31H39NO6S. The average Bonchev–Trinajstić information content (AvgIpc) is 2.94. The molecule has 3 atom stereocenters. The molecule has 39 heavy (non-hydrogen) atoms. The third kappa shape index (κ3) is 10.2. The topological polar surface area (TPSA) is 94.1 Å². The van der Waals surface area contributed by atoms with Crippen LogP contribution in [0.25, 0.3) is 0 Å². The van der Waals surface area contributed by atoms with Crippen molar-refractivity contribution in [1.82, 2.24) is 4.72 Å². The van der Waals surface area contributed by atoms with E-state index in [4.69, 9.17) is 14.2 Å². The number of Topliss-reactive ketones (excluding diaryl/α,β-unsaturated/α-hetero) is 1. The van der Waals surface area contributed by atoms with E-state index in [9.17, 15) is 14.1 Å². The number of benzene rings is 3. The Balaban J connectivity index is 1.55. The maximum atomic E-state index is 13.1. The molecule has 0 saturated carbocycles. The van der Waals surface area contributed by atoms with Gasteiger partial charge in [-0.05, 0) is 61.6 Å². The summed E-state index contributed by atoms with van der Waals surface area (Å²) in [5, 5.41) is 10.8. The number of methoxy groups -OCH3 is 2. The molecule has 0 radical (unpaired) electrons. The van der Waals surface area contributed by atoms with Gasteiger partial charge < -0.3 is 19.3 Å². The van der Waals surface area contributed by atoms with Gasteiger partial charge in [0.2, 0.25) is 0 Å². The van der Waals surface area contributed by atoms with Crippen LogP contribution in [0.2, 0.25) is 0 Å². The summed E-state index contributed by atoms with van der Waals surface area (Å²) >= 11 is 0. The Morgan fingerprint density at radius 1 is 0.949 bits per heavy atom. The van der Waals surface area contributed by atoms with Crippen molar-refractivity contribution in [3.05, 3.63) is 89.5 Å². The number of ketones is 1. The van der Waals surface area contributed by atoms with Crippen LogP contribution in [-0.2, 0) is 27.1 Å². The van der Waals surface area contributed by atoms with Crippen molar-refractivity contribution in [2.45, 2.75) is 62.7 Å². The Morgan fingerprint density at radius 3 is 2.36 bits per heavy atom. The van der Waals surface area contributed by atoms with E-state index in [-0.39, 0.29) is 18.6 Å². The number of rotatable bonds is 17. The number of nitrogens with one attached hydrogen (secondary N) is 1. The molecule has 3 rings (SSSR count). The predicted molar refractivity (Wildman–Crippen MR) is 153 cm³/mol. The van der Waals surface area contributed by atoms with Crippen molar-refractivity contribution in [1.29, 1.82) is 0 Å². The molecule has 2 N–H and O–H groups in total. The number of ether oxygens (including phenoxy) is 3. The summed E-state index contributed by atoms with van der Waals surface area (Å²) in [4.78, 5) is 13.2. The van der Waals surface area contributed by atoms with Gasteiger partial charge in [-0.2, -0.15) is 0 Å². The molecule has 0 amide bonds. The van der Waals surface area contributed by atoms with Crippen molar-refractivity contribution in [3.63, 3.8) is 0 Å². The van der Waals surface area contributed by atoms with Crippen molar-refractivity contribution in [2.75, 3.05) is 20.8 Å². The molecule has 0 fully saturated rings. The standard InChI is InChI=1S/C31H39NO6S/c1-23-12-15-28(16-13-23)39(35)32-29(25-14-17-30(36-2)31(19-25)37-3)21-27(34)20-26(33)11-7-8-18-38-22-24-9-5-4-6-10-24/h4-6,9-10,12-17,19,27,29,32,34H,7-8,11,18,20-22H2,1-3H3/t27-,29-,39?/m0/s1. The summed E-state index contributed by atoms with van der Waals surface area (Å²) in [6.07, 6.45) is 1.21. The maximum absolute atomic E-state index is 13.1. The Morgan fingerprint density at radius 2 is 1.67 bits per heavy atom. The molecule has 3 aromatic carbocycles. The van der Waals surface area contributed by atoms with E-state index >= 15 is 0 Å². The molecule has 210 valence electrons. The van der Waals surface area contributed by atoms with Gasteiger partial charge in [-0.15, -0.1) is 0 Å². The van der Waals surface area contributed by atoms with Gasteiger partial charge in [0.05, 0.1) is 31.8 Å². The second-order valence-electron chi connectivity index (χ2n) is 9.49. The fourth-order valence-electron chi connectivity index (χ4n) is 4.19. The van der Waals surface area contributed by atoms with Crippen LogP contribution in [0.1, 0.15) is 54.8 Å². The number of unbranched alkanes of at least 4 members (excludes halogenated alkanes) is 1. The highest BCUT2D eigenvalue weighted by molar-refractivity contribution is 7.83. The second-order valence-corrected chi connectivity index (χ2v) is 10.7. The minimum atomic E-state index is -1.52. The Bertz CT molecular complexity index is 1190. The molecule has 0 aliphatic heterocycles. The molecule has 0 heterocycles. The van der Waals surface area contributed by atoms with E-state index in [1.54, 1.807) is 26.4 Å². The van der Waals surface area contributed by atoms with Gasteiger partial charge in [0.15, 0.2) is 11.5 Å². The number of aryl methyl sites for hydroxylation is 1. The van der Waals surface area contributed by atoms with Crippen LogP contribution >= 0.6 is 0 Å². The summed E-state index contributed by atoms with van der Waals surface area (Å²) in [5.74, 6) is 1.10. The van der Waals surface area contributed by atoms with Gasteiger partial charge in [0.25, 0.3) is 0 Å². The van der Waals surface area contributed by atoms with Crippen molar-refractivity contribution >= 4 is 16.8 Å². The Labute approximate surface area is 234 Å². The molecule has 0 spiro atoms. The zero-order valence-corrected chi connectivity index (χ0v) is 23.7. The first-order chi connectivity index (χ1) is 18.9. The summed E-state index contributed by atoms with van der Waals surface area (Å²) in [7, 11) is 1.59. The van der Waals surface area contributed by atoms with Crippen LogP contribution in [0.3, 0.4) is 0 Å². The number of aliphatic hydroxyl groups excluding tert-OH is 1. The first kappa shape index (κ1) is 30.5. The minimum absolute atomic E-state index is 0.00345. The highest BCUT2D eigenvalue weighted by Crippen LogP contribution is 2.32. The quantitative estimate of drug-likeness (QED) is 0.216. The van der Waals surface area contributed by atoms with E-state index in [1.165, 1.54) is 0 Å². The number of hydrogen-bond donors (Lipinski definition) is 2. The van der Waals surface area contributed by atoms with Crippen LogP contribution in [0.5, 0.6) is 11.5 Å². The Kier molecular flexibility index (Phi) is 12.6. The lowest BCUT2D eigenvalue weighted by molar-refractivity contribution is -0.121. The number of carbonyl (C=O) groups excluding carboxylic acids is 1. The third-order valence-electron chi connectivity index (χ3n) is 6.37. The van der Waals surface area contributed by atoms with Gasteiger partial charge in [0, 0.05) is 25.5 Å². The van der Waals surface area contributed by atoms with Crippen LogP contribution in [0.15, 0.2) is 77.7 Å². The van der Waals surface area contributed by atoms with Crippen molar-refractivity contribution in [2.24, 2.45) is 0 Å². The summed E-state index contributed by atoms with van der Waals surface area (Å²) in [6.45, 7) is 3.11. The van der Waals surface area contributed by atoms with Crippen LogP contribution in [0.4, 0.5) is 0 Å². The molecule has 0 aromatic heterocycles. The zero-order chi connectivity index (χ0) is 28.0. The molecule has 0 aliphatic carbocycles. The van der Waals surface area contributed by atoms with E-state index < -0.39 is 23.1 Å². The fourth-order valence-corrected chi connectivity index (χ4v) is 5.20. The van der Waals surface area contributed by atoms with Gasteiger partial charge in [-0.25, -0.2) is 8.93 Å². The zero-order valence-electron chi connectivity index (χ0n) is 22.9. The monoisotopic (exact) mass is 553 g/mol. The van der Waals surface area contributed by atoms with Crippen LogP contribution in [-0.4, -0.2) is 42.0 Å². The molecular weight excluding hydrogens is 514 g/mol. The fraction of sp³-hybridized carbons (Fsp3) is 0.387. The average molecular weight is 554 g/mol.